The van der Waals surface area contributed by atoms with Gasteiger partial charge in [-0.3, -0.25) is 4.72 Å². The van der Waals surface area contributed by atoms with Crippen LogP contribution in [0.3, 0.4) is 0 Å². The molecule has 0 fully saturated rings. The second-order valence-electron chi connectivity index (χ2n) is 4.83. The first-order chi connectivity index (χ1) is 11.0. The standard InChI is InChI=1S/C14H10BrN3O4S/c15-12-5-4-8-11(6-16-14(8)17-12)23(19,20)18-9-2-1-3-10-13(9)22-7-21-10/h1-6,18H,7H2,(H,16,17). The van der Waals surface area contributed by atoms with Crippen molar-refractivity contribution in [1.82, 2.24) is 9.97 Å². The third-order valence-corrected chi connectivity index (χ3v) is 5.24. The quantitative estimate of drug-likeness (QED) is 0.665. The molecule has 0 saturated heterocycles. The number of sulfonamides is 1. The van der Waals surface area contributed by atoms with Crippen LogP contribution in [0.1, 0.15) is 0 Å². The Morgan fingerprint density at radius 1 is 1.22 bits per heavy atom. The van der Waals surface area contributed by atoms with Gasteiger partial charge in [0.25, 0.3) is 10.0 Å². The lowest BCUT2D eigenvalue weighted by atomic mass is 10.3. The summed E-state index contributed by atoms with van der Waals surface area (Å²) in [6.07, 6.45) is 1.41. The summed E-state index contributed by atoms with van der Waals surface area (Å²) in [6.45, 7) is 0.0686. The summed E-state index contributed by atoms with van der Waals surface area (Å²) in [5.74, 6) is 0.895. The Hall–Kier alpha value is -2.26. The monoisotopic (exact) mass is 395 g/mol. The van der Waals surface area contributed by atoms with Crippen LogP contribution >= 0.6 is 15.9 Å². The minimum atomic E-state index is -3.80. The van der Waals surface area contributed by atoms with Crippen LogP contribution in [-0.4, -0.2) is 25.2 Å². The summed E-state index contributed by atoms with van der Waals surface area (Å²) < 4.78 is 39.1. The smallest absolute Gasteiger partial charge is 0.264 e. The minimum absolute atomic E-state index is 0.0686. The van der Waals surface area contributed by atoms with Crippen molar-refractivity contribution in [2.24, 2.45) is 0 Å². The first-order valence-electron chi connectivity index (χ1n) is 6.60. The molecule has 0 aliphatic carbocycles. The zero-order valence-corrected chi connectivity index (χ0v) is 13.9. The van der Waals surface area contributed by atoms with E-state index in [2.05, 4.69) is 30.6 Å². The molecule has 1 aliphatic rings. The summed E-state index contributed by atoms with van der Waals surface area (Å²) in [5.41, 5.74) is 0.817. The highest BCUT2D eigenvalue weighted by molar-refractivity contribution is 9.10. The van der Waals surface area contributed by atoms with Crippen LogP contribution in [0.4, 0.5) is 5.69 Å². The molecule has 1 aromatic carbocycles. The van der Waals surface area contributed by atoms with E-state index in [0.29, 0.717) is 32.8 Å². The Kier molecular flexibility index (Phi) is 3.20. The molecule has 0 atom stereocenters. The van der Waals surface area contributed by atoms with E-state index in [1.165, 1.54) is 6.20 Å². The molecule has 0 saturated carbocycles. The summed E-state index contributed by atoms with van der Waals surface area (Å²) in [4.78, 5) is 7.17. The second kappa shape index (κ2) is 5.14. The van der Waals surface area contributed by atoms with Gasteiger partial charge < -0.3 is 14.5 Å². The van der Waals surface area contributed by atoms with Crippen LogP contribution in [0.15, 0.2) is 46.0 Å². The lowest BCUT2D eigenvalue weighted by Crippen LogP contribution is -2.13. The Labute approximate surface area is 139 Å². The van der Waals surface area contributed by atoms with Gasteiger partial charge in [0.05, 0.1) is 5.69 Å². The summed E-state index contributed by atoms with van der Waals surface area (Å²) in [5, 5.41) is 0.505. The fraction of sp³-hybridized carbons (Fsp3) is 0.0714. The molecule has 23 heavy (non-hydrogen) atoms. The highest BCUT2D eigenvalue weighted by atomic mass is 79.9. The predicted molar refractivity (Wildman–Crippen MR) is 87.2 cm³/mol. The van der Waals surface area contributed by atoms with Crippen LogP contribution in [0.5, 0.6) is 11.5 Å². The number of halogens is 1. The van der Waals surface area contributed by atoms with Crippen molar-refractivity contribution in [3.8, 4) is 11.5 Å². The number of rotatable bonds is 3. The van der Waals surface area contributed by atoms with Crippen molar-refractivity contribution in [3.05, 3.63) is 41.1 Å². The van der Waals surface area contributed by atoms with Crippen LogP contribution in [0.2, 0.25) is 0 Å². The molecule has 3 aromatic rings. The number of pyridine rings is 1. The number of benzene rings is 1. The SMILES string of the molecule is O=S(=O)(Nc1cccc2c1OCO2)c1c[nH]c2nc(Br)ccc12. The van der Waals surface area contributed by atoms with E-state index in [-0.39, 0.29) is 11.7 Å². The molecule has 0 unspecified atom stereocenters. The number of H-pyrrole nitrogens is 1. The molecule has 4 rings (SSSR count). The van der Waals surface area contributed by atoms with Crippen LogP contribution in [-0.2, 0) is 10.0 Å². The molecular formula is C14H10BrN3O4S. The van der Waals surface area contributed by atoms with Gasteiger partial charge in [0.1, 0.15) is 15.1 Å². The molecule has 118 valence electrons. The lowest BCUT2D eigenvalue weighted by Gasteiger charge is -2.09. The van der Waals surface area contributed by atoms with E-state index >= 15 is 0 Å². The first kappa shape index (κ1) is 14.3. The number of nitrogens with one attached hydrogen (secondary N) is 2. The molecule has 0 bridgehead atoms. The molecule has 0 spiro atoms. The van der Waals surface area contributed by atoms with Crippen molar-refractivity contribution in [1.29, 1.82) is 0 Å². The Balaban J connectivity index is 1.77. The van der Waals surface area contributed by atoms with Gasteiger partial charge in [-0.1, -0.05) is 6.07 Å². The molecule has 1 aliphatic heterocycles. The van der Waals surface area contributed by atoms with E-state index in [1.807, 2.05) is 0 Å². The fourth-order valence-corrected chi connectivity index (χ4v) is 3.93. The predicted octanol–water partition coefficient (Wildman–Crippen LogP) is 2.85. The third-order valence-electron chi connectivity index (χ3n) is 3.40. The van der Waals surface area contributed by atoms with E-state index in [9.17, 15) is 8.42 Å². The lowest BCUT2D eigenvalue weighted by molar-refractivity contribution is 0.174. The summed E-state index contributed by atoms with van der Waals surface area (Å²) in [7, 11) is -3.80. The molecule has 3 heterocycles. The average Bonchev–Trinajstić information content (AvgIpc) is 3.13. The van der Waals surface area contributed by atoms with E-state index in [1.54, 1.807) is 30.3 Å². The Morgan fingerprint density at radius 2 is 2.09 bits per heavy atom. The number of aromatic nitrogens is 2. The maximum absolute atomic E-state index is 12.7. The maximum atomic E-state index is 12.7. The zero-order chi connectivity index (χ0) is 16.0. The van der Waals surface area contributed by atoms with E-state index in [0.717, 1.165) is 0 Å². The molecule has 2 aromatic heterocycles. The van der Waals surface area contributed by atoms with Crippen LogP contribution in [0.25, 0.3) is 11.0 Å². The van der Waals surface area contributed by atoms with Gasteiger partial charge in [-0.25, -0.2) is 13.4 Å². The van der Waals surface area contributed by atoms with E-state index < -0.39 is 10.0 Å². The molecule has 9 heteroatoms. The largest absolute Gasteiger partial charge is 0.454 e. The normalized spacial score (nSPS) is 13.4. The van der Waals surface area contributed by atoms with Crippen LogP contribution < -0.4 is 14.2 Å². The van der Waals surface area contributed by atoms with Gasteiger partial charge >= 0.3 is 0 Å². The molecule has 2 N–H and O–H groups in total. The summed E-state index contributed by atoms with van der Waals surface area (Å²) in [6, 6.07) is 8.40. The van der Waals surface area contributed by atoms with Crippen molar-refractivity contribution in [2.45, 2.75) is 4.90 Å². The van der Waals surface area contributed by atoms with Crippen LogP contribution in [0, 0.1) is 0 Å². The van der Waals surface area contributed by atoms with Gasteiger partial charge in [-0.15, -0.1) is 0 Å². The van der Waals surface area contributed by atoms with Gasteiger partial charge in [0.15, 0.2) is 11.5 Å². The Bertz CT molecular complexity index is 1020. The summed E-state index contributed by atoms with van der Waals surface area (Å²) >= 11 is 3.25. The molecule has 7 nitrogen and oxygen atoms in total. The van der Waals surface area contributed by atoms with Crippen molar-refractivity contribution in [3.63, 3.8) is 0 Å². The minimum Gasteiger partial charge on any atom is -0.454 e. The second-order valence-corrected chi connectivity index (χ2v) is 7.29. The first-order valence-corrected chi connectivity index (χ1v) is 8.87. The van der Waals surface area contributed by atoms with Gasteiger partial charge in [0.2, 0.25) is 6.79 Å². The molecule has 0 amide bonds. The van der Waals surface area contributed by atoms with Gasteiger partial charge in [-0.2, -0.15) is 0 Å². The number of fused-ring (bicyclic) bond motifs is 2. The fourth-order valence-electron chi connectivity index (χ4n) is 2.39. The van der Waals surface area contributed by atoms with E-state index in [4.69, 9.17) is 9.47 Å². The topological polar surface area (TPSA) is 93.3 Å². The molecular weight excluding hydrogens is 386 g/mol. The third kappa shape index (κ3) is 2.41. The number of para-hydroxylation sites is 1. The zero-order valence-electron chi connectivity index (χ0n) is 11.5. The van der Waals surface area contributed by atoms with Crippen molar-refractivity contribution >= 4 is 42.7 Å². The number of hydrogen-bond donors (Lipinski definition) is 2. The average molecular weight is 396 g/mol. The maximum Gasteiger partial charge on any atom is 0.264 e. The highest BCUT2D eigenvalue weighted by Crippen LogP contribution is 2.40. The number of nitrogens with zero attached hydrogens (tertiary/aromatic N) is 1. The number of anilines is 1. The number of aromatic amines is 1. The Morgan fingerprint density at radius 3 is 2.96 bits per heavy atom. The highest BCUT2D eigenvalue weighted by Gasteiger charge is 2.24. The van der Waals surface area contributed by atoms with Crippen molar-refractivity contribution < 1.29 is 17.9 Å². The van der Waals surface area contributed by atoms with Crippen molar-refractivity contribution in [2.75, 3.05) is 11.5 Å². The number of hydrogen-bond acceptors (Lipinski definition) is 5. The van der Waals surface area contributed by atoms with Gasteiger partial charge in [-0.05, 0) is 40.2 Å². The number of ether oxygens (including phenoxy) is 2. The van der Waals surface area contributed by atoms with Gasteiger partial charge in [0, 0.05) is 11.6 Å². The molecule has 0 radical (unpaired) electrons.